The molecule has 82 valence electrons. The van der Waals surface area contributed by atoms with E-state index in [1.165, 1.54) is 0 Å². The van der Waals surface area contributed by atoms with E-state index in [-0.39, 0.29) is 6.61 Å². The molecule has 5 nitrogen and oxygen atoms in total. The van der Waals surface area contributed by atoms with Crippen LogP contribution in [0.25, 0.3) is 11.4 Å². The Labute approximate surface area is 93.0 Å². The second-order valence-corrected chi connectivity index (χ2v) is 3.27. The smallest absolute Gasteiger partial charge is 0.111 e. The van der Waals surface area contributed by atoms with Crippen molar-refractivity contribution >= 4 is 5.69 Å². The van der Waals surface area contributed by atoms with Crippen LogP contribution in [-0.4, -0.2) is 9.97 Å². The van der Waals surface area contributed by atoms with Gasteiger partial charge in [0.05, 0.1) is 17.1 Å². The van der Waals surface area contributed by atoms with Crippen molar-refractivity contribution in [2.75, 3.05) is 5.73 Å². The van der Waals surface area contributed by atoms with Gasteiger partial charge in [-0.25, -0.2) is 10.9 Å². The largest absolute Gasteiger partial charge is 0.397 e. The maximum atomic E-state index is 5.82. The zero-order valence-electron chi connectivity index (χ0n) is 8.63. The van der Waals surface area contributed by atoms with Crippen LogP contribution in [0.1, 0.15) is 5.69 Å². The van der Waals surface area contributed by atoms with Gasteiger partial charge in [-0.2, -0.15) is 0 Å². The van der Waals surface area contributed by atoms with E-state index in [4.69, 9.17) is 11.6 Å². The van der Waals surface area contributed by atoms with Crippen molar-refractivity contribution in [3.05, 3.63) is 42.2 Å². The minimum atomic E-state index is 0.264. The van der Waals surface area contributed by atoms with E-state index < -0.39 is 0 Å². The molecule has 0 amide bonds. The highest BCUT2D eigenvalue weighted by molar-refractivity contribution is 5.69. The molecule has 0 atom stereocenters. The molecular weight excluding hydrogens is 204 g/mol. The van der Waals surface area contributed by atoms with E-state index >= 15 is 0 Å². The summed E-state index contributed by atoms with van der Waals surface area (Å²) in [5.74, 6) is 5.00. The van der Waals surface area contributed by atoms with Crippen molar-refractivity contribution in [3.63, 3.8) is 0 Å². The number of nitrogens with zero attached hydrogens (tertiary/aromatic N) is 2. The van der Waals surface area contributed by atoms with Gasteiger partial charge in [-0.3, -0.25) is 9.82 Å². The molecule has 0 saturated heterocycles. The van der Waals surface area contributed by atoms with Gasteiger partial charge in [-0.1, -0.05) is 6.07 Å². The Morgan fingerprint density at radius 2 is 2.06 bits per heavy atom. The van der Waals surface area contributed by atoms with Crippen LogP contribution in [0.5, 0.6) is 0 Å². The van der Waals surface area contributed by atoms with Crippen LogP contribution in [0.2, 0.25) is 0 Å². The second kappa shape index (κ2) is 4.69. The van der Waals surface area contributed by atoms with E-state index in [0.717, 1.165) is 5.69 Å². The molecule has 0 aromatic carbocycles. The maximum Gasteiger partial charge on any atom is 0.111 e. The summed E-state index contributed by atoms with van der Waals surface area (Å²) in [4.78, 5) is 13.1. The third kappa shape index (κ3) is 2.16. The molecule has 2 aromatic heterocycles. The third-order valence-corrected chi connectivity index (χ3v) is 2.12. The topological polar surface area (TPSA) is 87.0 Å². The van der Waals surface area contributed by atoms with Crippen LogP contribution in [0.15, 0.2) is 36.5 Å². The third-order valence-electron chi connectivity index (χ3n) is 2.12. The van der Waals surface area contributed by atoms with Gasteiger partial charge in [-0.05, 0) is 24.3 Å². The van der Waals surface area contributed by atoms with Crippen molar-refractivity contribution in [2.24, 2.45) is 5.90 Å². The Balaban J connectivity index is 2.40. The van der Waals surface area contributed by atoms with Crippen LogP contribution in [-0.2, 0) is 11.4 Å². The van der Waals surface area contributed by atoms with Crippen molar-refractivity contribution in [2.45, 2.75) is 6.61 Å². The number of hydrogen-bond donors (Lipinski definition) is 2. The van der Waals surface area contributed by atoms with E-state index in [1.54, 1.807) is 18.3 Å². The molecule has 2 heterocycles. The SMILES string of the molecule is NOCc1cccc(-c2ncccc2N)n1. The molecule has 0 fully saturated rings. The van der Waals surface area contributed by atoms with Gasteiger partial charge < -0.3 is 5.73 Å². The van der Waals surface area contributed by atoms with Crippen molar-refractivity contribution in [1.82, 2.24) is 9.97 Å². The normalized spacial score (nSPS) is 10.3. The first-order chi connectivity index (χ1) is 7.81. The van der Waals surface area contributed by atoms with Crippen molar-refractivity contribution in [3.8, 4) is 11.4 Å². The van der Waals surface area contributed by atoms with Crippen molar-refractivity contribution in [1.29, 1.82) is 0 Å². The van der Waals surface area contributed by atoms with E-state index in [9.17, 15) is 0 Å². The fraction of sp³-hybridized carbons (Fsp3) is 0.0909. The highest BCUT2D eigenvalue weighted by Gasteiger charge is 2.05. The number of rotatable bonds is 3. The Hall–Kier alpha value is -1.98. The van der Waals surface area contributed by atoms with Gasteiger partial charge in [0.25, 0.3) is 0 Å². The molecule has 0 spiro atoms. The fourth-order valence-electron chi connectivity index (χ4n) is 1.41. The zero-order valence-corrected chi connectivity index (χ0v) is 8.63. The monoisotopic (exact) mass is 216 g/mol. The molecule has 0 aliphatic carbocycles. The maximum absolute atomic E-state index is 5.82. The number of pyridine rings is 2. The molecule has 5 heteroatoms. The lowest BCUT2D eigenvalue weighted by Crippen LogP contribution is -2.02. The highest BCUT2D eigenvalue weighted by Crippen LogP contribution is 2.20. The van der Waals surface area contributed by atoms with Crippen LogP contribution < -0.4 is 11.6 Å². The molecule has 0 aliphatic rings. The molecule has 0 saturated carbocycles. The summed E-state index contributed by atoms with van der Waals surface area (Å²) in [6, 6.07) is 9.11. The second-order valence-electron chi connectivity index (χ2n) is 3.27. The van der Waals surface area contributed by atoms with E-state index in [1.807, 2.05) is 18.2 Å². The lowest BCUT2D eigenvalue weighted by Gasteiger charge is -2.05. The van der Waals surface area contributed by atoms with Crippen LogP contribution >= 0.6 is 0 Å². The molecule has 0 unspecified atom stereocenters. The molecule has 4 N–H and O–H groups in total. The van der Waals surface area contributed by atoms with Crippen LogP contribution in [0.4, 0.5) is 5.69 Å². The predicted molar refractivity (Wildman–Crippen MR) is 60.9 cm³/mol. The van der Waals surface area contributed by atoms with E-state index in [2.05, 4.69) is 14.8 Å². The summed E-state index contributed by atoms with van der Waals surface area (Å²) in [5, 5.41) is 0. The first kappa shape index (κ1) is 10.5. The number of hydrogen-bond acceptors (Lipinski definition) is 5. The summed E-state index contributed by atoms with van der Waals surface area (Å²) in [6.07, 6.45) is 1.68. The summed E-state index contributed by atoms with van der Waals surface area (Å²) in [6.45, 7) is 0.264. The quantitative estimate of drug-likeness (QED) is 0.750. The minimum absolute atomic E-state index is 0.264. The average molecular weight is 216 g/mol. The molecule has 0 radical (unpaired) electrons. The van der Waals surface area contributed by atoms with Gasteiger partial charge in [0.15, 0.2) is 0 Å². The number of anilines is 1. The molecule has 16 heavy (non-hydrogen) atoms. The Bertz CT molecular complexity index is 487. The summed E-state index contributed by atoms with van der Waals surface area (Å²) in [7, 11) is 0. The summed E-state index contributed by atoms with van der Waals surface area (Å²) < 4.78 is 0. The molecule has 0 aliphatic heterocycles. The standard InChI is InChI=1S/C11H12N4O/c12-9-4-2-6-14-11(9)10-5-1-3-8(15-10)7-16-13/h1-6H,7,12-13H2. The van der Waals surface area contributed by atoms with Gasteiger partial charge in [-0.15, -0.1) is 0 Å². The highest BCUT2D eigenvalue weighted by atomic mass is 16.6. The molecule has 0 bridgehead atoms. The van der Waals surface area contributed by atoms with E-state index in [0.29, 0.717) is 17.1 Å². The summed E-state index contributed by atoms with van der Waals surface area (Å²) in [5.41, 5.74) is 8.54. The number of aromatic nitrogens is 2. The van der Waals surface area contributed by atoms with Gasteiger partial charge in [0.1, 0.15) is 12.3 Å². The van der Waals surface area contributed by atoms with Gasteiger partial charge in [0.2, 0.25) is 0 Å². The molecular formula is C11H12N4O. The number of nitrogens with two attached hydrogens (primary N) is 2. The van der Waals surface area contributed by atoms with Crippen molar-refractivity contribution < 1.29 is 4.84 Å². The Kier molecular flexibility index (Phi) is 3.09. The number of nitrogen functional groups attached to an aromatic ring is 1. The first-order valence-corrected chi connectivity index (χ1v) is 4.79. The molecule has 2 rings (SSSR count). The molecule has 2 aromatic rings. The fourth-order valence-corrected chi connectivity index (χ4v) is 1.41. The minimum Gasteiger partial charge on any atom is -0.397 e. The predicted octanol–water partition coefficient (Wildman–Crippen LogP) is 1.12. The van der Waals surface area contributed by atoms with Gasteiger partial charge in [0, 0.05) is 6.20 Å². The summed E-state index contributed by atoms with van der Waals surface area (Å²) >= 11 is 0. The Morgan fingerprint density at radius 1 is 1.19 bits per heavy atom. The van der Waals surface area contributed by atoms with Gasteiger partial charge >= 0.3 is 0 Å². The zero-order chi connectivity index (χ0) is 11.4. The first-order valence-electron chi connectivity index (χ1n) is 4.79. The van der Waals surface area contributed by atoms with Crippen LogP contribution in [0.3, 0.4) is 0 Å². The lowest BCUT2D eigenvalue weighted by atomic mass is 10.2. The lowest BCUT2D eigenvalue weighted by molar-refractivity contribution is 0.121. The average Bonchev–Trinajstić information content (AvgIpc) is 2.30. The Morgan fingerprint density at radius 3 is 2.81 bits per heavy atom. The van der Waals surface area contributed by atoms with Crippen LogP contribution in [0, 0.1) is 0 Å².